The lowest BCUT2D eigenvalue weighted by Gasteiger charge is -2.38. The number of para-hydroxylation sites is 3. The molecule has 0 N–H and O–H groups in total. The van der Waals surface area contributed by atoms with Crippen LogP contribution >= 0.6 is 0 Å². The summed E-state index contributed by atoms with van der Waals surface area (Å²) in [4.78, 5) is 20.0. The Morgan fingerprint density at radius 1 is 0.900 bits per heavy atom. The van der Waals surface area contributed by atoms with Gasteiger partial charge in [0.2, 0.25) is 0 Å². The summed E-state index contributed by atoms with van der Waals surface area (Å²) in [5.74, 6) is 1.03. The van der Waals surface area contributed by atoms with Gasteiger partial charge < -0.3 is 19.4 Å². The maximum absolute atomic E-state index is 13.5. The molecule has 1 atom stereocenters. The molecule has 0 aliphatic carbocycles. The zero-order chi connectivity index (χ0) is 20.5. The van der Waals surface area contributed by atoms with E-state index < -0.39 is 0 Å². The highest BCUT2D eigenvalue weighted by Gasteiger charge is 2.43. The molecule has 1 fully saturated rings. The third-order valence-corrected chi connectivity index (χ3v) is 6.03. The summed E-state index contributed by atoms with van der Waals surface area (Å²) < 4.78 is 5.25. The van der Waals surface area contributed by atoms with Gasteiger partial charge in [0.15, 0.2) is 0 Å². The lowest BCUT2D eigenvalue weighted by atomic mass is 10.1. The minimum absolute atomic E-state index is 0.157. The van der Waals surface area contributed by atoms with Crippen LogP contribution in [-0.2, 0) is 11.2 Å². The molecule has 0 bridgehead atoms. The Morgan fingerprint density at radius 2 is 1.60 bits per heavy atom. The quantitative estimate of drug-likeness (QED) is 0.651. The summed E-state index contributed by atoms with van der Waals surface area (Å²) in [5.41, 5.74) is 4.49. The molecule has 5 rings (SSSR count). The van der Waals surface area contributed by atoms with Gasteiger partial charge in [0.1, 0.15) is 11.8 Å². The van der Waals surface area contributed by atoms with E-state index in [1.54, 1.807) is 7.11 Å². The Morgan fingerprint density at radius 3 is 2.33 bits per heavy atom. The van der Waals surface area contributed by atoms with Crippen LogP contribution in [0, 0.1) is 0 Å². The molecule has 3 aromatic carbocycles. The van der Waals surface area contributed by atoms with Gasteiger partial charge in [-0.05, 0) is 48.4 Å². The molecule has 0 unspecified atom stereocenters. The first kappa shape index (κ1) is 18.6. The Labute approximate surface area is 177 Å². The van der Waals surface area contributed by atoms with Crippen LogP contribution in [-0.4, -0.2) is 38.8 Å². The maximum atomic E-state index is 13.5. The lowest BCUT2D eigenvalue weighted by molar-refractivity contribution is -0.119. The van der Waals surface area contributed by atoms with Gasteiger partial charge in [-0.2, -0.15) is 0 Å². The van der Waals surface area contributed by atoms with E-state index in [9.17, 15) is 4.79 Å². The number of benzene rings is 3. The zero-order valence-electron chi connectivity index (χ0n) is 17.1. The number of rotatable bonds is 5. The Balaban J connectivity index is 1.40. The zero-order valence-corrected chi connectivity index (χ0v) is 17.1. The largest absolute Gasteiger partial charge is 0.497 e. The third-order valence-electron chi connectivity index (χ3n) is 6.03. The Kier molecular flexibility index (Phi) is 4.79. The van der Waals surface area contributed by atoms with Crippen LogP contribution in [0.2, 0.25) is 0 Å². The molecule has 152 valence electrons. The molecule has 5 nitrogen and oxygen atoms in total. The highest BCUT2D eigenvalue weighted by molar-refractivity contribution is 6.06. The summed E-state index contributed by atoms with van der Waals surface area (Å²) >= 11 is 0. The Hall–Kier alpha value is -3.47. The van der Waals surface area contributed by atoms with Gasteiger partial charge in [0.25, 0.3) is 5.91 Å². The smallest absolute Gasteiger partial charge is 0.251 e. The van der Waals surface area contributed by atoms with Crippen molar-refractivity contribution in [1.82, 2.24) is 0 Å². The Bertz CT molecular complexity index is 1040. The van der Waals surface area contributed by atoms with Crippen molar-refractivity contribution in [1.29, 1.82) is 0 Å². The molecule has 3 aromatic rings. The number of amides is 1. The van der Waals surface area contributed by atoms with Crippen molar-refractivity contribution >= 4 is 23.0 Å². The van der Waals surface area contributed by atoms with Gasteiger partial charge in [0.05, 0.1) is 25.2 Å². The summed E-state index contributed by atoms with van der Waals surface area (Å²) in [5, 5.41) is 0. The number of anilines is 3. The van der Waals surface area contributed by atoms with Crippen LogP contribution in [0.15, 0.2) is 78.9 Å². The van der Waals surface area contributed by atoms with Gasteiger partial charge in [-0.1, -0.05) is 42.5 Å². The predicted molar refractivity (Wildman–Crippen MR) is 120 cm³/mol. The first-order chi connectivity index (χ1) is 14.7. The van der Waals surface area contributed by atoms with Gasteiger partial charge in [-0.3, -0.25) is 4.79 Å². The molecule has 2 aliphatic heterocycles. The van der Waals surface area contributed by atoms with Crippen LogP contribution in [0.1, 0.15) is 5.56 Å². The molecule has 1 saturated heterocycles. The van der Waals surface area contributed by atoms with Gasteiger partial charge >= 0.3 is 0 Å². The van der Waals surface area contributed by atoms with E-state index >= 15 is 0 Å². The van der Waals surface area contributed by atoms with Crippen molar-refractivity contribution < 1.29 is 9.53 Å². The normalized spacial score (nSPS) is 17.7. The van der Waals surface area contributed by atoms with Gasteiger partial charge in [-0.25, -0.2) is 0 Å². The summed E-state index contributed by atoms with van der Waals surface area (Å²) in [6, 6.07) is 26.5. The number of methoxy groups -OCH3 is 1. The minimum Gasteiger partial charge on any atom is -0.497 e. The molecule has 2 aliphatic rings. The van der Waals surface area contributed by atoms with Crippen molar-refractivity contribution in [2.45, 2.75) is 12.5 Å². The molecule has 0 aromatic heterocycles. The van der Waals surface area contributed by atoms with E-state index in [-0.39, 0.29) is 11.9 Å². The molecule has 1 amide bonds. The number of fused-ring (bicyclic) bond motifs is 3. The molecule has 2 heterocycles. The van der Waals surface area contributed by atoms with Crippen LogP contribution < -0.4 is 19.4 Å². The van der Waals surface area contributed by atoms with E-state index in [4.69, 9.17) is 4.74 Å². The van der Waals surface area contributed by atoms with Crippen molar-refractivity contribution in [3.8, 4) is 5.75 Å². The van der Waals surface area contributed by atoms with Crippen LogP contribution in [0.3, 0.4) is 0 Å². The van der Waals surface area contributed by atoms with Crippen molar-refractivity contribution in [3.05, 3.63) is 84.4 Å². The standard InChI is InChI=1S/C25H25N3O2/c1-30-21-13-11-19(12-14-21)15-16-27-22-9-5-6-10-23(22)28-18-26(17-24(28)25(27)29)20-7-3-2-4-8-20/h2-14,24H,15-18H2,1H3/t24-/m0/s1. The molecular weight excluding hydrogens is 374 g/mol. The fraction of sp³-hybridized carbons (Fsp3) is 0.240. The van der Waals surface area contributed by atoms with E-state index in [1.807, 2.05) is 41.3 Å². The molecule has 30 heavy (non-hydrogen) atoms. The number of ether oxygens (including phenoxy) is 1. The number of carbonyl (C=O) groups excluding carboxylic acids is 1. The van der Waals surface area contributed by atoms with Crippen LogP contribution in [0.4, 0.5) is 17.1 Å². The minimum atomic E-state index is -0.157. The van der Waals surface area contributed by atoms with E-state index in [0.717, 1.165) is 35.9 Å². The van der Waals surface area contributed by atoms with E-state index in [0.29, 0.717) is 13.1 Å². The fourth-order valence-corrected chi connectivity index (χ4v) is 4.43. The van der Waals surface area contributed by atoms with E-state index in [2.05, 4.69) is 52.3 Å². The maximum Gasteiger partial charge on any atom is 0.251 e. The summed E-state index contributed by atoms with van der Waals surface area (Å²) in [7, 11) is 1.67. The SMILES string of the molecule is COc1ccc(CCN2C(=O)[C@@H]3CN(c4ccccc4)CN3c3ccccc32)cc1. The van der Waals surface area contributed by atoms with Crippen molar-refractivity contribution in [2.75, 3.05) is 41.6 Å². The second-order valence-corrected chi connectivity index (χ2v) is 7.76. The highest BCUT2D eigenvalue weighted by atomic mass is 16.5. The second-order valence-electron chi connectivity index (χ2n) is 7.76. The second kappa shape index (κ2) is 7.75. The number of carbonyl (C=O) groups is 1. The number of nitrogens with zero attached hydrogens (tertiary/aromatic N) is 3. The van der Waals surface area contributed by atoms with Gasteiger partial charge in [-0.15, -0.1) is 0 Å². The monoisotopic (exact) mass is 399 g/mol. The number of hydrogen-bond donors (Lipinski definition) is 0. The predicted octanol–water partition coefficient (Wildman–Crippen LogP) is 3.94. The van der Waals surface area contributed by atoms with Crippen molar-refractivity contribution in [2.24, 2.45) is 0 Å². The molecule has 0 spiro atoms. The third kappa shape index (κ3) is 3.26. The molecule has 0 saturated carbocycles. The molecule has 0 radical (unpaired) electrons. The summed E-state index contributed by atoms with van der Waals surface area (Å²) in [6.45, 7) is 2.10. The van der Waals surface area contributed by atoms with Crippen LogP contribution in [0.25, 0.3) is 0 Å². The highest BCUT2D eigenvalue weighted by Crippen LogP contribution is 2.39. The summed E-state index contributed by atoms with van der Waals surface area (Å²) in [6.07, 6.45) is 0.805. The van der Waals surface area contributed by atoms with E-state index in [1.165, 1.54) is 5.56 Å². The lowest BCUT2D eigenvalue weighted by Crippen LogP contribution is -2.52. The molecular formula is C25H25N3O2. The average Bonchev–Trinajstić information content (AvgIpc) is 3.26. The first-order valence-electron chi connectivity index (χ1n) is 10.3. The first-order valence-corrected chi connectivity index (χ1v) is 10.3. The van der Waals surface area contributed by atoms with Crippen LogP contribution in [0.5, 0.6) is 5.75 Å². The average molecular weight is 399 g/mol. The van der Waals surface area contributed by atoms with Crippen molar-refractivity contribution in [3.63, 3.8) is 0 Å². The fourth-order valence-electron chi connectivity index (χ4n) is 4.43. The molecule has 5 heteroatoms. The number of hydrogen-bond acceptors (Lipinski definition) is 4. The van der Waals surface area contributed by atoms with Gasteiger partial charge in [0, 0.05) is 18.8 Å². The topological polar surface area (TPSA) is 36.0 Å².